The van der Waals surface area contributed by atoms with E-state index >= 15 is 0 Å². The Balaban J connectivity index is 2.50. The molecule has 2 nitrogen and oxygen atoms in total. The minimum Gasteiger partial charge on any atom is -0.483 e. The molecule has 0 aliphatic heterocycles. The molecule has 1 atom stereocenters. The van der Waals surface area contributed by atoms with Crippen LogP contribution in [0.1, 0.15) is 26.7 Å². The number of Topliss-reactive ketones (excluding diaryl/α,β-unsaturated/α-hetero) is 1. The molecule has 0 saturated carbocycles. The molecule has 0 saturated heterocycles. The molecule has 1 aromatic carbocycles. The lowest BCUT2D eigenvalue weighted by atomic mass is 10.1. The van der Waals surface area contributed by atoms with Crippen LogP contribution in [0.3, 0.4) is 0 Å². The summed E-state index contributed by atoms with van der Waals surface area (Å²) in [5, 5.41) is 0.596. The standard InChI is InChI=1S/C14H15ClO2/c1-3-4-5-9-14(16)11(2)17-13-8-6-7-12(15)10-13/h6-8,10-11H,5,9H2,1-2H3. The summed E-state index contributed by atoms with van der Waals surface area (Å²) in [6.45, 7) is 3.50. The third-order valence-electron chi connectivity index (χ3n) is 2.24. The topological polar surface area (TPSA) is 26.3 Å². The maximum atomic E-state index is 11.7. The first-order valence-corrected chi connectivity index (χ1v) is 5.86. The molecule has 1 aromatic rings. The number of carbonyl (C=O) groups excluding carboxylic acids is 1. The van der Waals surface area contributed by atoms with Crippen LogP contribution in [0.4, 0.5) is 0 Å². The van der Waals surface area contributed by atoms with Gasteiger partial charge in [-0.3, -0.25) is 4.79 Å². The van der Waals surface area contributed by atoms with Crippen LogP contribution >= 0.6 is 11.6 Å². The van der Waals surface area contributed by atoms with Gasteiger partial charge in [0, 0.05) is 17.9 Å². The number of ketones is 1. The molecule has 0 heterocycles. The smallest absolute Gasteiger partial charge is 0.173 e. The second-order valence-electron chi connectivity index (χ2n) is 3.61. The molecule has 0 aliphatic carbocycles. The molecule has 3 heteroatoms. The summed E-state index contributed by atoms with van der Waals surface area (Å²) >= 11 is 5.83. The predicted molar refractivity (Wildman–Crippen MR) is 69.2 cm³/mol. The summed E-state index contributed by atoms with van der Waals surface area (Å²) in [6.07, 6.45) is 0.536. The number of halogens is 1. The minimum atomic E-state index is -0.466. The molecule has 17 heavy (non-hydrogen) atoms. The second-order valence-corrected chi connectivity index (χ2v) is 4.05. The number of rotatable bonds is 5. The maximum Gasteiger partial charge on any atom is 0.173 e. The maximum absolute atomic E-state index is 11.7. The summed E-state index contributed by atoms with van der Waals surface area (Å²) in [5.74, 6) is 6.28. The molecule has 0 aromatic heterocycles. The Labute approximate surface area is 107 Å². The van der Waals surface area contributed by atoms with E-state index in [-0.39, 0.29) is 5.78 Å². The van der Waals surface area contributed by atoms with Crippen LogP contribution in [0.2, 0.25) is 5.02 Å². The zero-order valence-electron chi connectivity index (χ0n) is 10.00. The van der Waals surface area contributed by atoms with Crippen LogP contribution in [0.25, 0.3) is 0 Å². The normalized spacial score (nSPS) is 11.2. The lowest BCUT2D eigenvalue weighted by Crippen LogP contribution is -2.23. The van der Waals surface area contributed by atoms with Gasteiger partial charge in [0.1, 0.15) is 5.75 Å². The van der Waals surface area contributed by atoms with Crippen LogP contribution in [0.15, 0.2) is 24.3 Å². The fraction of sp³-hybridized carbons (Fsp3) is 0.357. The Hall–Kier alpha value is -1.46. The molecule has 0 fully saturated rings. The second kappa shape index (κ2) is 6.98. The quantitative estimate of drug-likeness (QED) is 0.748. The van der Waals surface area contributed by atoms with Crippen molar-refractivity contribution >= 4 is 17.4 Å². The monoisotopic (exact) mass is 250 g/mol. The van der Waals surface area contributed by atoms with E-state index in [0.717, 1.165) is 0 Å². The highest BCUT2D eigenvalue weighted by atomic mass is 35.5. The lowest BCUT2D eigenvalue weighted by Gasteiger charge is -2.13. The molecular formula is C14H15ClO2. The van der Waals surface area contributed by atoms with Crippen molar-refractivity contribution in [2.45, 2.75) is 32.8 Å². The van der Waals surface area contributed by atoms with Crippen molar-refractivity contribution in [3.8, 4) is 17.6 Å². The van der Waals surface area contributed by atoms with Gasteiger partial charge >= 0.3 is 0 Å². The molecule has 1 rings (SSSR count). The van der Waals surface area contributed by atoms with Crippen molar-refractivity contribution < 1.29 is 9.53 Å². The van der Waals surface area contributed by atoms with Crippen molar-refractivity contribution in [3.63, 3.8) is 0 Å². The molecule has 0 N–H and O–H groups in total. The molecule has 0 amide bonds. The van der Waals surface area contributed by atoms with Crippen molar-refractivity contribution in [2.75, 3.05) is 0 Å². The molecule has 1 unspecified atom stereocenters. The van der Waals surface area contributed by atoms with Crippen molar-refractivity contribution in [1.82, 2.24) is 0 Å². The molecule has 0 aliphatic rings. The van der Waals surface area contributed by atoms with Crippen molar-refractivity contribution in [1.29, 1.82) is 0 Å². The summed E-state index contributed by atoms with van der Waals surface area (Å²) < 4.78 is 5.51. The van der Waals surface area contributed by atoms with E-state index in [9.17, 15) is 4.79 Å². The van der Waals surface area contributed by atoms with Gasteiger partial charge in [-0.25, -0.2) is 0 Å². The fourth-order valence-electron chi connectivity index (χ4n) is 1.32. The number of hydrogen-bond donors (Lipinski definition) is 0. The Morgan fingerprint density at radius 2 is 2.29 bits per heavy atom. The van der Waals surface area contributed by atoms with E-state index in [2.05, 4.69) is 11.8 Å². The highest BCUT2D eigenvalue weighted by molar-refractivity contribution is 6.30. The van der Waals surface area contributed by atoms with Crippen molar-refractivity contribution in [2.24, 2.45) is 0 Å². The Kier molecular flexibility index (Phi) is 5.59. The summed E-state index contributed by atoms with van der Waals surface area (Å²) in [5.41, 5.74) is 0. The van der Waals surface area contributed by atoms with Crippen LogP contribution in [-0.4, -0.2) is 11.9 Å². The van der Waals surface area contributed by atoms with E-state index in [1.807, 2.05) is 0 Å². The van der Waals surface area contributed by atoms with Crippen LogP contribution < -0.4 is 4.74 Å². The average molecular weight is 251 g/mol. The van der Waals surface area contributed by atoms with Crippen LogP contribution in [0.5, 0.6) is 5.75 Å². The van der Waals surface area contributed by atoms with Gasteiger partial charge in [-0.15, -0.1) is 11.8 Å². The molecule has 0 spiro atoms. The van der Waals surface area contributed by atoms with Crippen LogP contribution in [-0.2, 0) is 4.79 Å². The summed E-state index contributed by atoms with van der Waals surface area (Å²) in [6, 6.07) is 7.02. The number of benzene rings is 1. The number of hydrogen-bond acceptors (Lipinski definition) is 2. The highest BCUT2D eigenvalue weighted by Gasteiger charge is 2.13. The number of ether oxygens (including phenoxy) is 1. The van der Waals surface area contributed by atoms with Crippen molar-refractivity contribution in [3.05, 3.63) is 29.3 Å². The van der Waals surface area contributed by atoms with E-state index in [1.165, 1.54) is 0 Å². The minimum absolute atomic E-state index is 0.0488. The summed E-state index contributed by atoms with van der Waals surface area (Å²) in [7, 11) is 0. The summed E-state index contributed by atoms with van der Waals surface area (Å²) in [4.78, 5) is 11.7. The van der Waals surface area contributed by atoms with E-state index in [1.54, 1.807) is 38.1 Å². The number of carbonyl (C=O) groups is 1. The van der Waals surface area contributed by atoms with E-state index < -0.39 is 6.10 Å². The van der Waals surface area contributed by atoms with Gasteiger partial charge in [0.25, 0.3) is 0 Å². The Morgan fingerprint density at radius 1 is 1.53 bits per heavy atom. The molecular weight excluding hydrogens is 236 g/mol. The predicted octanol–water partition coefficient (Wildman–Crippen LogP) is 3.48. The highest BCUT2D eigenvalue weighted by Crippen LogP contribution is 2.18. The lowest BCUT2D eigenvalue weighted by molar-refractivity contribution is -0.125. The van der Waals surface area contributed by atoms with Gasteiger partial charge in [0.2, 0.25) is 0 Å². The van der Waals surface area contributed by atoms with Gasteiger partial charge in [0.05, 0.1) is 0 Å². The third kappa shape index (κ3) is 4.93. The fourth-order valence-corrected chi connectivity index (χ4v) is 1.50. The van der Waals surface area contributed by atoms with Gasteiger partial charge in [-0.2, -0.15) is 0 Å². The van der Waals surface area contributed by atoms with Gasteiger partial charge in [0.15, 0.2) is 11.9 Å². The zero-order chi connectivity index (χ0) is 12.7. The zero-order valence-corrected chi connectivity index (χ0v) is 10.8. The Morgan fingerprint density at radius 3 is 2.94 bits per heavy atom. The van der Waals surface area contributed by atoms with E-state index in [4.69, 9.17) is 16.3 Å². The van der Waals surface area contributed by atoms with Gasteiger partial charge in [-0.05, 0) is 32.0 Å². The van der Waals surface area contributed by atoms with E-state index in [0.29, 0.717) is 23.6 Å². The largest absolute Gasteiger partial charge is 0.483 e. The average Bonchev–Trinajstić information content (AvgIpc) is 2.29. The molecule has 90 valence electrons. The Bertz CT molecular complexity index is 443. The van der Waals surface area contributed by atoms with Gasteiger partial charge < -0.3 is 4.74 Å². The first-order valence-electron chi connectivity index (χ1n) is 5.48. The molecule has 0 bridgehead atoms. The van der Waals surface area contributed by atoms with Gasteiger partial charge in [-0.1, -0.05) is 17.7 Å². The third-order valence-corrected chi connectivity index (χ3v) is 2.47. The first-order chi connectivity index (χ1) is 8.13. The first kappa shape index (κ1) is 13.6. The SMILES string of the molecule is CC#CCCC(=O)C(C)Oc1cccc(Cl)c1. The molecule has 0 radical (unpaired) electrons. The van der Waals surface area contributed by atoms with Crippen LogP contribution in [0, 0.1) is 11.8 Å².